The Morgan fingerprint density at radius 2 is 2.14 bits per heavy atom. The van der Waals surface area contributed by atoms with E-state index >= 15 is 0 Å². The highest BCUT2D eigenvalue weighted by atomic mass is 32.2. The Kier molecular flexibility index (Phi) is 5.33. The number of sulfonamides is 1. The number of carbonyl (C=O) groups excluding carboxylic acids is 1. The molecular weight excluding hydrogens is 294 g/mol. The third-order valence-corrected chi connectivity index (χ3v) is 4.58. The van der Waals surface area contributed by atoms with Crippen LogP contribution in [0.5, 0.6) is 0 Å². The van der Waals surface area contributed by atoms with Crippen molar-refractivity contribution in [3.63, 3.8) is 0 Å². The fraction of sp³-hybridized carbons (Fsp3) is 0.500. The van der Waals surface area contributed by atoms with E-state index in [-0.39, 0.29) is 11.0 Å². The highest BCUT2D eigenvalue weighted by Gasteiger charge is 2.24. The van der Waals surface area contributed by atoms with Crippen molar-refractivity contribution < 1.29 is 22.7 Å². The SMILES string of the molecule is C[C@@H](OC[C@@H]1CCCO1)C(=O)NS(=O)(=O)c1ccccc1. The summed E-state index contributed by atoms with van der Waals surface area (Å²) in [5.41, 5.74) is 0. The first-order valence-corrected chi connectivity index (χ1v) is 8.32. The van der Waals surface area contributed by atoms with E-state index in [1.165, 1.54) is 19.1 Å². The van der Waals surface area contributed by atoms with Crippen LogP contribution in [0.3, 0.4) is 0 Å². The summed E-state index contributed by atoms with van der Waals surface area (Å²) in [5.74, 6) is -0.683. The molecule has 0 saturated carbocycles. The van der Waals surface area contributed by atoms with Crippen LogP contribution in [0.1, 0.15) is 19.8 Å². The number of rotatable bonds is 6. The third-order valence-electron chi connectivity index (χ3n) is 3.21. The van der Waals surface area contributed by atoms with Crippen LogP contribution in [0.2, 0.25) is 0 Å². The van der Waals surface area contributed by atoms with Gasteiger partial charge in [-0.3, -0.25) is 4.79 Å². The van der Waals surface area contributed by atoms with Gasteiger partial charge >= 0.3 is 0 Å². The average Bonchev–Trinajstić information content (AvgIpc) is 2.98. The molecule has 2 atom stereocenters. The fourth-order valence-corrected chi connectivity index (χ4v) is 3.04. The largest absolute Gasteiger partial charge is 0.376 e. The second-order valence-electron chi connectivity index (χ2n) is 4.89. The van der Waals surface area contributed by atoms with Crippen molar-refractivity contribution in [2.45, 2.75) is 36.9 Å². The second-order valence-corrected chi connectivity index (χ2v) is 6.58. The minimum Gasteiger partial charge on any atom is -0.376 e. The molecule has 1 amide bonds. The van der Waals surface area contributed by atoms with Crippen LogP contribution in [-0.4, -0.2) is 39.7 Å². The number of ether oxygens (including phenoxy) is 2. The van der Waals surface area contributed by atoms with Crippen LogP contribution >= 0.6 is 0 Å². The minimum atomic E-state index is -3.85. The first-order valence-electron chi connectivity index (χ1n) is 6.84. The lowest BCUT2D eigenvalue weighted by Gasteiger charge is -2.16. The van der Waals surface area contributed by atoms with E-state index in [1.807, 2.05) is 4.72 Å². The fourth-order valence-electron chi connectivity index (χ4n) is 1.98. The molecule has 1 heterocycles. The lowest BCUT2D eigenvalue weighted by Crippen LogP contribution is -2.39. The Hall–Kier alpha value is -1.44. The standard InChI is InChI=1S/C14H19NO5S/c1-11(20-10-12-6-5-9-19-12)14(16)15-21(17,18)13-7-3-2-4-8-13/h2-4,7-8,11-12H,5-6,9-10H2,1H3,(H,15,16)/t11-,12+/m1/s1. The highest BCUT2D eigenvalue weighted by molar-refractivity contribution is 7.90. The molecule has 0 radical (unpaired) electrons. The molecule has 0 aliphatic carbocycles. The number of carbonyl (C=O) groups is 1. The maximum atomic E-state index is 12.0. The van der Waals surface area contributed by atoms with Crippen molar-refractivity contribution in [2.24, 2.45) is 0 Å². The molecule has 6 nitrogen and oxygen atoms in total. The van der Waals surface area contributed by atoms with Gasteiger partial charge in [-0.2, -0.15) is 0 Å². The van der Waals surface area contributed by atoms with Crippen LogP contribution in [0.25, 0.3) is 0 Å². The molecule has 0 unspecified atom stereocenters. The van der Waals surface area contributed by atoms with Gasteiger partial charge in [0.05, 0.1) is 17.6 Å². The quantitative estimate of drug-likeness (QED) is 0.850. The van der Waals surface area contributed by atoms with Crippen molar-refractivity contribution in [1.82, 2.24) is 4.72 Å². The zero-order valence-corrected chi connectivity index (χ0v) is 12.6. The van der Waals surface area contributed by atoms with Gasteiger partial charge in [0, 0.05) is 6.61 Å². The zero-order chi connectivity index (χ0) is 15.3. The normalized spacial score (nSPS) is 20.1. The molecule has 1 aromatic carbocycles. The minimum absolute atomic E-state index is 0.00835. The van der Waals surface area contributed by atoms with E-state index in [0.717, 1.165) is 12.8 Å². The second kappa shape index (κ2) is 7.02. The van der Waals surface area contributed by atoms with Gasteiger partial charge in [-0.05, 0) is 31.9 Å². The van der Waals surface area contributed by atoms with Gasteiger partial charge in [0.15, 0.2) is 0 Å². The Balaban J connectivity index is 1.88. The monoisotopic (exact) mass is 313 g/mol. The topological polar surface area (TPSA) is 81.7 Å². The van der Waals surface area contributed by atoms with Gasteiger partial charge in [-0.25, -0.2) is 13.1 Å². The molecule has 116 valence electrons. The number of amides is 1. The lowest BCUT2D eigenvalue weighted by atomic mass is 10.2. The molecule has 0 aromatic heterocycles. The molecule has 7 heteroatoms. The van der Waals surface area contributed by atoms with Crippen molar-refractivity contribution >= 4 is 15.9 Å². The van der Waals surface area contributed by atoms with E-state index in [4.69, 9.17) is 9.47 Å². The Morgan fingerprint density at radius 3 is 2.76 bits per heavy atom. The van der Waals surface area contributed by atoms with Crippen LogP contribution in [0, 0.1) is 0 Å². The molecule has 1 aliphatic rings. The van der Waals surface area contributed by atoms with Crippen LogP contribution in [0.15, 0.2) is 35.2 Å². The van der Waals surface area contributed by atoms with Gasteiger partial charge in [0.1, 0.15) is 6.10 Å². The summed E-state index contributed by atoms with van der Waals surface area (Å²) in [4.78, 5) is 11.9. The van der Waals surface area contributed by atoms with E-state index < -0.39 is 22.0 Å². The first-order chi connectivity index (χ1) is 9.99. The average molecular weight is 313 g/mol. The summed E-state index contributed by atoms with van der Waals surface area (Å²) in [7, 11) is -3.85. The first kappa shape index (κ1) is 15.9. The highest BCUT2D eigenvalue weighted by Crippen LogP contribution is 2.13. The number of nitrogens with one attached hydrogen (secondary N) is 1. The van der Waals surface area contributed by atoms with E-state index in [1.54, 1.807) is 18.2 Å². The van der Waals surface area contributed by atoms with Gasteiger partial charge in [0.25, 0.3) is 15.9 Å². The summed E-state index contributed by atoms with van der Waals surface area (Å²) in [6.07, 6.45) is 1.02. The third kappa shape index (κ3) is 4.52. The maximum absolute atomic E-state index is 12.0. The van der Waals surface area contributed by atoms with Crippen molar-refractivity contribution in [3.05, 3.63) is 30.3 Å². The van der Waals surface area contributed by atoms with Gasteiger partial charge in [-0.1, -0.05) is 18.2 Å². The van der Waals surface area contributed by atoms with Crippen LogP contribution in [-0.2, 0) is 24.3 Å². The summed E-state index contributed by atoms with van der Waals surface area (Å²) < 4.78 is 36.8. The maximum Gasteiger partial charge on any atom is 0.264 e. The van der Waals surface area contributed by atoms with Crippen molar-refractivity contribution in [3.8, 4) is 0 Å². The number of hydrogen-bond donors (Lipinski definition) is 1. The molecular formula is C14H19NO5S. The summed E-state index contributed by atoms with van der Waals surface area (Å²) in [5, 5.41) is 0. The Labute approximate surface area is 124 Å². The zero-order valence-electron chi connectivity index (χ0n) is 11.8. The van der Waals surface area contributed by atoms with Gasteiger partial charge in [-0.15, -0.1) is 0 Å². The Bertz CT molecular complexity index is 566. The molecule has 0 bridgehead atoms. The molecule has 1 aliphatic heterocycles. The molecule has 0 spiro atoms. The molecule has 2 rings (SSSR count). The van der Waals surface area contributed by atoms with Crippen molar-refractivity contribution in [1.29, 1.82) is 0 Å². The lowest BCUT2D eigenvalue weighted by molar-refractivity contribution is -0.131. The predicted molar refractivity (Wildman–Crippen MR) is 76.2 cm³/mol. The van der Waals surface area contributed by atoms with Crippen LogP contribution in [0.4, 0.5) is 0 Å². The number of hydrogen-bond acceptors (Lipinski definition) is 5. The summed E-state index contributed by atoms with van der Waals surface area (Å²) >= 11 is 0. The van der Waals surface area contributed by atoms with Crippen LogP contribution < -0.4 is 4.72 Å². The van der Waals surface area contributed by atoms with E-state index in [2.05, 4.69) is 0 Å². The predicted octanol–water partition coefficient (Wildman–Crippen LogP) is 1.08. The van der Waals surface area contributed by atoms with Crippen molar-refractivity contribution in [2.75, 3.05) is 13.2 Å². The molecule has 21 heavy (non-hydrogen) atoms. The molecule has 1 N–H and O–H groups in total. The number of benzene rings is 1. The molecule has 1 fully saturated rings. The summed E-state index contributed by atoms with van der Waals surface area (Å²) in [6.45, 7) is 2.52. The Morgan fingerprint density at radius 1 is 1.43 bits per heavy atom. The van der Waals surface area contributed by atoms with Gasteiger partial charge in [0.2, 0.25) is 0 Å². The van der Waals surface area contributed by atoms with E-state index in [9.17, 15) is 13.2 Å². The van der Waals surface area contributed by atoms with E-state index in [0.29, 0.717) is 13.2 Å². The molecule has 1 saturated heterocycles. The molecule has 1 aromatic rings. The smallest absolute Gasteiger partial charge is 0.264 e. The van der Waals surface area contributed by atoms with Gasteiger partial charge < -0.3 is 9.47 Å². The summed E-state index contributed by atoms with van der Waals surface area (Å²) in [6, 6.07) is 7.74.